The van der Waals surface area contributed by atoms with Gasteiger partial charge in [-0.3, -0.25) is 4.79 Å². The number of Topliss-reactive ketones (excluding diaryl/α,β-unsaturated/α-hetero) is 1. The molecule has 0 spiro atoms. The van der Waals surface area contributed by atoms with Crippen molar-refractivity contribution in [2.24, 2.45) is 0 Å². The number of ketones is 1. The molecule has 0 saturated heterocycles. The van der Waals surface area contributed by atoms with Crippen LogP contribution < -0.4 is 0 Å². The molecule has 0 fully saturated rings. The van der Waals surface area contributed by atoms with E-state index >= 15 is 0 Å². The van der Waals surface area contributed by atoms with Crippen LogP contribution in [-0.4, -0.2) is 5.78 Å². The number of hydrogen-bond donors (Lipinski definition) is 0. The Morgan fingerprint density at radius 2 is 1.84 bits per heavy atom. The van der Waals surface area contributed by atoms with E-state index in [1.54, 1.807) is 19.9 Å². The first kappa shape index (κ1) is 13.8. The number of aryl methyl sites for hydroxylation is 1. The number of carbonyl (C=O) groups excluding carboxylic acids is 1. The maximum atomic E-state index is 13.4. The SMILES string of the molecule is CC(=O)Cc1ccc(-c2cc(C)c(F)cc2Cl)cc1. The monoisotopic (exact) mass is 276 g/mol. The van der Waals surface area contributed by atoms with Crippen LogP contribution in [0.5, 0.6) is 0 Å². The van der Waals surface area contributed by atoms with Gasteiger partial charge < -0.3 is 0 Å². The van der Waals surface area contributed by atoms with Gasteiger partial charge in [0.25, 0.3) is 0 Å². The van der Waals surface area contributed by atoms with Crippen LogP contribution in [0.2, 0.25) is 5.02 Å². The van der Waals surface area contributed by atoms with E-state index in [0.29, 0.717) is 17.0 Å². The lowest BCUT2D eigenvalue weighted by Crippen LogP contribution is -1.95. The topological polar surface area (TPSA) is 17.1 Å². The van der Waals surface area contributed by atoms with Gasteiger partial charge in [0.1, 0.15) is 11.6 Å². The van der Waals surface area contributed by atoms with Crippen LogP contribution in [0.1, 0.15) is 18.1 Å². The lowest BCUT2D eigenvalue weighted by atomic mass is 10.0. The van der Waals surface area contributed by atoms with Gasteiger partial charge in [0.05, 0.1) is 5.02 Å². The third-order valence-electron chi connectivity index (χ3n) is 2.97. The first-order chi connectivity index (χ1) is 8.97. The van der Waals surface area contributed by atoms with Crippen LogP contribution in [0.4, 0.5) is 4.39 Å². The first-order valence-corrected chi connectivity index (χ1v) is 6.39. The highest BCUT2D eigenvalue weighted by Crippen LogP contribution is 2.30. The summed E-state index contributed by atoms with van der Waals surface area (Å²) in [5.74, 6) is -0.176. The smallest absolute Gasteiger partial charge is 0.134 e. The second-order valence-corrected chi connectivity index (χ2v) is 5.06. The van der Waals surface area contributed by atoms with E-state index < -0.39 is 0 Å². The largest absolute Gasteiger partial charge is 0.300 e. The van der Waals surface area contributed by atoms with Gasteiger partial charge in [-0.15, -0.1) is 0 Å². The summed E-state index contributed by atoms with van der Waals surface area (Å²) in [5.41, 5.74) is 3.24. The molecule has 0 saturated carbocycles. The Labute approximate surface area is 117 Å². The minimum absolute atomic E-state index is 0.128. The molecule has 0 bridgehead atoms. The Hall–Kier alpha value is -1.67. The Morgan fingerprint density at radius 3 is 2.42 bits per heavy atom. The standard InChI is InChI=1S/C16H14ClFO/c1-10-7-14(15(17)9-16(10)18)13-5-3-12(4-6-13)8-11(2)19/h3-7,9H,8H2,1-2H3. The first-order valence-electron chi connectivity index (χ1n) is 6.02. The zero-order valence-corrected chi connectivity index (χ0v) is 11.6. The molecule has 2 rings (SSSR count). The predicted octanol–water partition coefficient (Wildman–Crippen LogP) is 4.59. The summed E-state index contributed by atoms with van der Waals surface area (Å²) in [6.07, 6.45) is 0.427. The molecule has 0 aromatic heterocycles. The summed E-state index contributed by atoms with van der Waals surface area (Å²) in [6.45, 7) is 3.27. The Kier molecular flexibility index (Phi) is 4.01. The fourth-order valence-electron chi connectivity index (χ4n) is 1.97. The van der Waals surface area contributed by atoms with Crippen molar-refractivity contribution in [1.29, 1.82) is 0 Å². The van der Waals surface area contributed by atoms with E-state index in [1.807, 2.05) is 24.3 Å². The van der Waals surface area contributed by atoms with Crippen LogP contribution in [-0.2, 0) is 11.2 Å². The fraction of sp³-hybridized carbons (Fsp3) is 0.188. The number of halogens is 2. The molecule has 19 heavy (non-hydrogen) atoms. The molecular formula is C16H14ClFO. The number of carbonyl (C=O) groups is 1. The van der Waals surface area contributed by atoms with Gasteiger partial charge in [-0.05, 0) is 42.7 Å². The van der Waals surface area contributed by atoms with Gasteiger partial charge in [-0.2, -0.15) is 0 Å². The van der Waals surface area contributed by atoms with Crippen molar-refractivity contribution in [3.63, 3.8) is 0 Å². The van der Waals surface area contributed by atoms with Crippen molar-refractivity contribution < 1.29 is 9.18 Å². The zero-order chi connectivity index (χ0) is 14.0. The zero-order valence-electron chi connectivity index (χ0n) is 10.8. The van der Waals surface area contributed by atoms with Crippen molar-refractivity contribution in [3.8, 4) is 11.1 Å². The van der Waals surface area contributed by atoms with E-state index in [0.717, 1.165) is 16.7 Å². The van der Waals surface area contributed by atoms with Crippen molar-refractivity contribution >= 4 is 17.4 Å². The van der Waals surface area contributed by atoms with Gasteiger partial charge >= 0.3 is 0 Å². The molecule has 0 radical (unpaired) electrons. The van der Waals surface area contributed by atoms with Gasteiger partial charge in [0.15, 0.2) is 0 Å². The van der Waals surface area contributed by atoms with Gasteiger partial charge in [0.2, 0.25) is 0 Å². The van der Waals surface area contributed by atoms with Gasteiger partial charge in [-0.1, -0.05) is 35.9 Å². The van der Waals surface area contributed by atoms with Crippen LogP contribution in [0, 0.1) is 12.7 Å². The lowest BCUT2D eigenvalue weighted by molar-refractivity contribution is -0.116. The normalized spacial score (nSPS) is 10.5. The van der Waals surface area contributed by atoms with Crippen LogP contribution >= 0.6 is 11.6 Å². The molecule has 0 heterocycles. The Bertz CT molecular complexity index is 617. The summed E-state index contributed by atoms with van der Waals surface area (Å²) in [5, 5.41) is 0.391. The fourth-order valence-corrected chi connectivity index (χ4v) is 2.23. The number of hydrogen-bond acceptors (Lipinski definition) is 1. The second kappa shape index (κ2) is 5.54. The van der Waals surface area contributed by atoms with E-state index in [9.17, 15) is 9.18 Å². The highest BCUT2D eigenvalue weighted by Gasteiger charge is 2.08. The molecule has 0 aliphatic rings. The summed E-state index contributed by atoms with van der Waals surface area (Å²) in [4.78, 5) is 11.0. The van der Waals surface area contributed by atoms with E-state index in [1.165, 1.54) is 6.07 Å². The van der Waals surface area contributed by atoms with Crippen LogP contribution in [0.15, 0.2) is 36.4 Å². The predicted molar refractivity (Wildman–Crippen MR) is 76.0 cm³/mol. The lowest BCUT2D eigenvalue weighted by Gasteiger charge is -2.08. The molecule has 0 atom stereocenters. The van der Waals surface area contributed by atoms with E-state index in [-0.39, 0.29) is 11.6 Å². The van der Waals surface area contributed by atoms with Crippen molar-refractivity contribution in [2.45, 2.75) is 20.3 Å². The minimum atomic E-state index is -0.304. The summed E-state index contributed by atoms with van der Waals surface area (Å²) in [6, 6.07) is 10.7. The van der Waals surface area contributed by atoms with Crippen molar-refractivity contribution in [2.75, 3.05) is 0 Å². The van der Waals surface area contributed by atoms with E-state index in [4.69, 9.17) is 11.6 Å². The highest BCUT2D eigenvalue weighted by atomic mass is 35.5. The Balaban J connectivity index is 2.37. The van der Waals surface area contributed by atoms with Crippen molar-refractivity contribution in [1.82, 2.24) is 0 Å². The van der Waals surface area contributed by atoms with Crippen molar-refractivity contribution in [3.05, 3.63) is 58.4 Å². The summed E-state index contributed by atoms with van der Waals surface area (Å²) < 4.78 is 13.4. The summed E-state index contributed by atoms with van der Waals surface area (Å²) in [7, 11) is 0. The molecule has 0 aliphatic carbocycles. The Morgan fingerprint density at radius 1 is 1.21 bits per heavy atom. The molecule has 2 aromatic rings. The number of benzene rings is 2. The minimum Gasteiger partial charge on any atom is -0.300 e. The van der Waals surface area contributed by atoms with E-state index in [2.05, 4.69) is 0 Å². The van der Waals surface area contributed by atoms with Crippen LogP contribution in [0.3, 0.4) is 0 Å². The third-order valence-corrected chi connectivity index (χ3v) is 3.28. The maximum absolute atomic E-state index is 13.4. The molecule has 2 aromatic carbocycles. The average molecular weight is 277 g/mol. The maximum Gasteiger partial charge on any atom is 0.134 e. The van der Waals surface area contributed by atoms with Gasteiger partial charge in [0, 0.05) is 12.0 Å². The average Bonchev–Trinajstić information content (AvgIpc) is 2.34. The molecule has 0 unspecified atom stereocenters. The molecule has 0 amide bonds. The molecular weight excluding hydrogens is 263 g/mol. The second-order valence-electron chi connectivity index (χ2n) is 4.66. The quantitative estimate of drug-likeness (QED) is 0.801. The van der Waals surface area contributed by atoms with Gasteiger partial charge in [-0.25, -0.2) is 4.39 Å². The van der Waals surface area contributed by atoms with Crippen LogP contribution in [0.25, 0.3) is 11.1 Å². The molecule has 1 nitrogen and oxygen atoms in total. The third kappa shape index (κ3) is 3.21. The molecule has 3 heteroatoms. The number of rotatable bonds is 3. The molecule has 98 valence electrons. The molecule has 0 aliphatic heterocycles. The molecule has 0 N–H and O–H groups in total. The highest BCUT2D eigenvalue weighted by molar-refractivity contribution is 6.33. The summed E-state index contributed by atoms with van der Waals surface area (Å²) >= 11 is 6.07.